The molecule has 2 fully saturated rings. The number of halogens is 1. The zero-order valence-corrected chi connectivity index (χ0v) is 18.9. The van der Waals surface area contributed by atoms with Gasteiger partial charge in [0.2, 0.25) is 5.91 Å². The number of amides is 1. The standard InChI is InChI=1S/C25H28ClN5O/c26-20-5-3-4-19(16-20)17-31-11-10-21(8-9-24(31)32)29-12-14-30(15-13-29)25-22-6-1-2-7-23(22)27-18-28-25/h1-7,16,18,21H,8-15,17H2. The summed E-state index contributed by atoms with van der Waals surface area (Å²) >= 11 is 6.12. The molecule has 1 amide bonds. The van der Waals surface area contributed by atoms with Gasteiger partial charge in [0.15, 0.2) is 0 Å². The summed E-state index contributed by atoms with van der Waals surface area (Å²) in [5, 5.41) is 1.83. The summed E-state index contributed by atoms with van der Waals surface area (Å²) in [6, 6.07) is 16.5. The van der Waals surface area contributed by atoms with E-state index < -0.39 is 0 Å². The molecule has 0 N–H and O–H groups in total. The second-order valence-corrected chi connectivity index (χ2v) is 9.10. The lowest BCUT2D eigenvalue weighted by Gasteiger charge is -2.39. The Morgan fingerprint density at radius 3 is 2.62 bits per heavy atom. The lowest BCUT2D eigenvalue weighted by Crippen LogP contribution is -2.50. The molecule has 2 aliphatic rings. The Kier molecular flexibility index (Phi) is 6.23. The molecule has 32 heavy (non-hydrogen) atoms. The lowest BCUT2D eigenvalue weighted by molar-refractivity contribution is -0.131. The highest BCUT2D eigenvalue weighted by Crippen LogP contribution is 2.26. The van der Waals surface area contributed by atoms with Gasteiger partial charge in [0.25, 0.3) is 0 Å². The first-order valence-electron chi connectivity index (χ1n) is 11.4. The number of carbonyl (C=O) groups is 1. The quantitative estimate of drug-likeness (QED) is 0.603. The first kappa shape index (κ1) is 21.2. The molecule has 0 saturated carbocycles. The van der Waals surface area contributed by atoms with Gasteiger partial charge in [-0.2, -0.15) is 0 Å². The van der Waals surface area contributed by atoms with E-state index in [-0.39, 0.29) is 5.91 Å². The summed E-state index contributed by atoms with van der Waals surface area (Å²) in [6.45, 7) is 5.31. The molecular weight excluding hydrogens is 422 g/mol. The summed E-state index contributed by atoms with van der Waals surface area (Å²) < 4.78 is 0. The number of benzene rings is 2. The third kappa shape index (κ3) is 4.57. The molecule has 1 atom stereocenters. The molecular formula is C25H28ClN5O. The van der Waals surface area contributed by atoms with Crippen molar-refractivity contribution in [2.24, 2.45) is 0 Å². The summed E-state index contributed by atoms with van der Waals surface area (Å²) in [4.78, 5) is 28.7. The molecule has 2 saturated heterocycles. The maximum atomic E-state index is 12.7. The fraction of sp³-hybridized carbons (Fsp3) is 0.400. The Hall–Kier alpha value is -2.70. The zero-order chi connectivity index (χ0) is 21.9. The summed E-state index contributed by atoms with van der Waals surface area (Å²) in [5.74, 6) is 1.28. The van der Waals surface area contributed by atoms with Crippen molar-refractivity contribution in [2.75, 3.05) is 37.6 Å². The van der Waals surface area contributed by atoms with E-state index in [1.807, 2.05) is 47.4 Å². The molecule has 1 aromatic heterocycles. The maximum Gasteiger partial charge on any atom is 0.222 e. The molecule has 6 nitrogen and oxygen atoms in total. The third-order valence-corrected chi connectivity index (χ3v) is 6.93. The van der Waals surface area contributed by atoms with E-state index in [1.165, 1.54) is 0 Å². The molecule has 5 rings (SSSR count). The van der Waals surface area contributed by atoms with E-state index in [2.05, 4.69) is 25.8 Å². The number of hydrogen-bond donors (Lipinski definition) is 0. The molecule has 166 valence electrons. The number of aromatic nitrogens is 2. The summed E-state index contributed by atoms with van der Waals surface area (Å²) in [6.07, 6.45) is 4.22. The molecule has 0 radical (unpaired) electrons. The van der Waals surface area contributed by atoms with E-state index >= 15 is 0 Å². The van der Waals surface area contributed by atoms with Gasteiger partial charge in [0, 0.05) is 62.1 Å². The fourth-order valence-corrected chi connectivity index (χ4v) is 5.16. The average molecular weight is 450 g/mol. The van der Waals surface area contributed by atoms with Gasteiger partial charge < -0.3 is 9.80 Å². The van der Waals surface area contributed by atoms with Crippen molar-refractivity contribution in [1.29, 1.82) is 0 Å². The Morgan fingerprint density at radius 2 is 1.78 bits per heavy atom. The minimum Gasteiger partial charge on any atom is -0.353 e. The molecule has 0 bridgehead atoms. The van der Waals surface area contributed by atoms with Gasteiger partial charge in [0.05, 0.1) is 5.52 Å². The predicted octanol–water partition coefficient (Wildman–Crippen LogP) is 3.99. The van der Waals surface area contributed by atoms with Crippen molar-refractivity contribution < 1.29 is 4.79 Å². The van der Waals surface area contributed by atoms with Gasteiger partial charge in [-0.3, -0.25) is 9.69 Å². The van der Waals surface area contributed by atoms with Crippen LogP contribution in [0.4, 0.5) is 5.82 Å². The number of para-hydroxylation sites is 1. The number of rotatable bonds is 4. The lowest BCUT2D eigenvalue weighted by atomic mass is 10.1. The topological polar surface area (TPSA) is 52.6 Å². The predicted molar refractivity (Wildman–Crippen MR) is 128 cm³/mol. The van der Waals surface area contributed by atoms with Gasteiger partial charge in [-0.1, -0.05) is 35.9 Å². The molecule has 0 spiro atoms. The minimum atomic E-state index is 0.249. The van der Waals surface area contributed by atoms with Gasteiger partial charge in [-0.25, -0.2) is 9.97 Å². The van der Waals surface area contributed by atoms with Crippen LogP contribution in [0.15, 0.2) is 54.9 Å². The van der Waals surface area contributed by atoms with Crippen LogP contribution in [-0.4, -0.2) is 64.4 Å². The zero-order valence-electron chi connectivity index (χ0n) is 18.2. The largest absolute Gasteiger partial charge is 0.353 e. The van der Waals surface area contributed by atoms with Gasteiger partial charge >= 0.3 is 0 Å². The van der Waals surface area contributed by atoms with E-state index in [1.54, 1.807) is 6.33 Å². The van der Waals surface area contributed by atoms with Crippen LogP contribution >= 0.6 is 11.6 Å². The average Bonchev–Trinajstić information content (AvgIpc) is 3.00. The van der Waals surface area contributed by atoms with Crippen molar-refractivity contribution in [3.8, 4) is 0 Å². The van der Waals surface area contributed by atoms with Crippen LogP contribution in [0.25, 0.3) is 10.9 Å². The van der Waals surface area contributed by atoms with Crippen molar-refractivity contribution in [2.45, 2.75) is 31.8 Å². The molecule has 3 aromatic rings. The number of fused-ring (bicyclic) bond motifs is 1. The molecule has 2 aliphatic heterocycles. The first-order chi connectivity index (χ1) is 15.7. The van der Waals surface area contributed by atoms with E-state index in [0.717, 1.165) is 72.9 Å². The summed E-state index contributed by atoms with van der Waals surface area (Å²) in [7, 11) is 0. The maximum absolute atomic E-state index is 12.7. The highest BCUT2D eigenvalue weighted by atomic mass is 35.5. The number of hydrogen-bond acceptors (Lipinski definition) is 5. The van der Waals surface area contributed by atoms with Crippen LogP contribution in [0.1, 0.15) is 24.8 Å². The van der Waals surface area contributed by atoms with Gasteiger partial charge in [0.1, 0.15) is 12.1 Å². The fourth-order valence-electron chi connectivity index (χ4n) is 4.95. The number of piperazine rings is 1. The van der Waals surface area contributed by atoms with Gasteiger partial charge in [-0.05, 0) is 42.7 Å². The van der Waals surface area contributed by atoms with E-state index in [9.17, 15) is 4.79 Å². The van der Waals surface area contributed by atoms with E-state index in [4.69, 9.17) is 11.6 Å². The minimum absolute atomic E-state index is 0.249. The number of anilines is 1. The Morgan fingerprint density at radius 1 is 0.938 bits per heavy atom. The van der Waals surface area contributed by atoms with Crippen LogP contribution in [-0.2, 0) is 11.3 Å². The molecule has 1 unspecified atom stereocenters. The Labute approximate surface area is 193 Å². The molecule has 2 aromatic carbocycles. The van der Waals surface area contributed by atoms with Crippen molar-refractivity contribution in [3.05, 3.63) is 65.4 Å². The Balaban J connectivity index is 1.20. The Bertz CT molecular complexity index is 1090. The second-order valence-electron chi connectivity index (χ2n) is 8.66. The first-order valence-corrected chi connectivity index (χ1v) is 11.8. The van der Waals surface area contributed by atoms with Crippen LogP contribution in [0.2, 0.25) is 5.02 Å². The van der Waals surface area contributed by atoms with Gasteiger partial charge in [-0.15, -0.1) is 0 Å². The van der Waals surface area contributed by atoms with Crippen LogP contribution in [0.5, 0.6) is 0 Å². The van der Waals surface area contributed by atoms with Crippen LogP contribution in [0.3, 0.4) is 0 Å². The highest BCUT2D eigenvalue weighted by molar-refractivity contribution is 6.30. The highest BCUT2D eigenvalue weighted by Gasteiger charge is 2.29. The normalized spacial score (nSPS) is 20.5. The smallest absolute Gasteiger partial charge is 0.222 e. The van der Waals surface area contributed by atoms with Crippen LogP contribution in [0, 0.1) is 0 Å². The van der Waals surface area contributed by atoms with Crippen LogP contribution < -0.4 is 4.90 Å². The monoisotopic (exact) mass is 449 g/mol. The molecule has 0 aliphatic carbocycles. The van der Waals surface area contributed by atoms with Crippen molar-refractivity contribution in [3.63, 3.8) is 0 Å². The van der Waals surface area contributed by atoms with E-state index in [0.29, 0.717) is 19.0 Å². The molecule has 3 heterocycles. The number of carbonyl (C=O) groups excluding carboxylic acids is 1. The number of nitrogens with zero attached hydrogens (tertiary/aromatic N) is 5. The number of likely N-dealkylation sites (tertiary alicyclic amines) is 1. The van der Waals surface area contributed by atoms with Crippen molar-refractivity contribution >= 4 is 34.2 Å². The SMILES string of the molecule is O=C1CCC(N2CCN(c3ncnc4ccccc34)CC2)CCN1Cc1cccc(Cl)c1. The molecule has 7 heteroatoms. The summed E-state index contributed by atoms with van der Waals surface area (Å²) in [5.41, 5.74) is 2.08. The third-order valence-electron chi connectivity index (χ3n) is 6.69. The second kappa shape index (κ2) is 9.43. The van der Waals surface area contributed by atoms with Crippen molar-refractivity contribution in [1.82, 2.24) is 19.8 Å².